The van der Waals surface area contributed by atoms with E-state index in [9.17, 15) is 0 Å². The highest BCUT2D eigenvalue weighted by atomic mass is 35.5. The maximum atomic E-state index is 9.03. The quantitative estimate of drug-likeness (QED) is 0.850. The summed E-state index contributed by atoms with van der Waals surface area (Å²) in [6.45, 7) is 4.70. The molecule has 0 unspecified atom stereocenters. The Balaban J connectivity index is 2.02. The Labute approximate surface area is 128 Å². The van der Waals surface area contributed by atoms with Crippen LogP contribution in [0, 0.1) is 6.92 Å². The summed E-state index contributed by atoms with van der Waals surface area (Å²) < 4.78 is 0. The largest absolute Gasteiger partial charge is 0.396 e. The van der Waals surface area contributed by atoms with Crippen molar-refractivity contribution < 1.29 is 5.11 Å². The van der Waals surface area contributed by atoms with Crippen LogP contribution in [0.1, 0.15) is 22.7 Å². The molecule has 0 spiro atoms. The van der Waals surface area contributed by atoms with Gasteiger partial charge in [0.15, 0.2) is 0 Å². The molecule has 3 nitrogen and oxygen atoms in total. The Morgan fingerprint density at radius 1 is 1.35 bits per heavy atom. The summed E-state index contributed by atoms with van der Waals surface area (Å²) in [6, 6.07) is 7.91. The monoisotopic (exact) mass is 310 g/mol. The Bertz CT molecular complexity index is 544. The molecule has 0 atom stereocenters. The van der Waals surface area contributed by atoms with E-state index in [4.69, 9.17) is 16.7 Å². The van der Waals surface area contributed by atoms with Crippen molar-refractivity contribution in [2.24, 2.45) is 0 Å². The molecule has 0 fully saturated rings. The topological polar surface area (TPSA) is 36.4 Å². The molecular weight excluding hydrogens is 292 g/mol. The molecule has 1 N–H and O–H groups in total. The zero-order valence-electron chi connectivity index (χ0n) is 11.6. The predicted octanol–water partition coefficient (Wildman–Crippen LogP) is 3.49. The minimum atomic E-state index is 0.211. The molecule has 2 rings (SSSR count). The molecule has 20 heavy (non-hydrogen) atoms. The number of rotatable bonds is 7. The van der Waals surface area contributed by atoms with E-state index in [1.807, 2.05) is 25.1 Å². The normalized spacial score (nSPS) is 11.2. The van der Waals surface area contributed by atoms with Crippen LogP contribution in [0.2, 0.25) is 5.02 Å². The zero-order chi connectivity index (χ0) is 14.4. The van der Waals surface area contributed by atoms with Gasteiger partial charge in [0.1, 0.15) is 5.01 Å². The van der Waals surface area contributed by atoms with Gasteiger partial charge < -0.3 is 5.11 Å². The molecule has 0 amide bonds. The molecule has 0 aliphatic carbocycles. The van der Waals surface area contributed by atoms with E-state index < -0.39 is 0 Å². The van der Waals surface area contributed by atoms with Crippen LogP contribution in [0.4, 0.5) is 0 Å². The van der Waals surface area contributed by atoms with Crippen molar-refractivity contribution in [1.29, 1.82) is 0 Å². The Morgan fingerprint density at radius 2 is 2.20 bits per heavy atom. The number of aliphatic hydroxyl groups excluding tert-OH is 1. The highest BCUT2D eigenvalue weighted by molar-refractivity contribution is 7.09. The minimum Gasteiger partial charge on any atom is -0.396 e. The maximum absolute atomic E-state index is 9.03. The third-order valence-electron chi connectivity index (χ3n) is 2.95. The van der Waals surface area contributed by atoms with Crippen LogP contribution in [0.25, 0.3) is 0 Å². The number of aromatic nitrogens is 1. The van der Waals surface area contributed by atoms with Gasteiger partial charge >= 0.3 is 0 Å². The second kappa shape index (κ2) is 7.74. The molecule has 1 aromatic heterocycles. The lowest BCUT2D eigenvalue weighted by Gasteiger charge is -2.21. The minimum absolute atomic E-state index is 0.211. The number of benzene rings is 1. The number of nitrogens with zero attached hydrogens (tertiary/aromatic N) is 2. The standard InChI is InChI=1S/C15H19ClN2OS/c1-12-11-20-15(17-12)10-18(6-3-7-19)9-13-4-2-5-14(16)8-13/h2,4-5,8,11,19H,3,6-7,9-10H2,1H3. The summed E-state index contributed by atoms with van der Waals surface area (Å²) in [4.78, 5) is 6.80. The van der Waals surface area contributed by atoms with Gasteiger partial charge in [-0.05, 0) is 31.0 Å². The fourth-order valence-electron chi connectivity index (χ4n) is 2.07. The summed E-state index contributed by atoms with van der Waals surface area (Å²) in [5.74, 6) is 0. The number of aliphatic hydroxyl groups is 1. The fraction of sp³-hybridized carbons (Fsp3) is 0.400. The van der Waals surface area contributed by atoms with Gasteiger partial charge in [-0.2, -0.15) is 0 Å². The molecule has 0 aliphatic heterocycles. The molecule has 1 aromatic carbocycles. The van der Waals surface area contributed by atoms with Gasteiger partial charge in [0.25, 0.3) is 0 Å². The molecule has 2 aromatic rings. The summed E-state index contributed by atoms with van der Waals surface area (Å²) in [6.07, 6.45) is 0.769. The fourth-order valence-corrected chi connectivity index (χ4v) is 3.09. The lowest BCUT2D eigenvalue weighted by molar-refractivity contribution is 0.212. The SMILES string of the molecule is Cc1csc(CN(CCCO)Cc2cccc(Cl)c2)n1. The Hall–Kier alpha value is -0.940. The van der Waals surface area contributed by atoms with Crippen LogP contribution in [0.15, 0.2) is 29.6 Å². The highest BCUT2D eigenvalue weighted by Crippen LogP contribution is 2.16. The zero-order valence-corrected chi connectivity index (χ0v) is 13.1. The Kier molecular flexibility index (Phi) is 5.98. The van der Waals surface area contributed by atoms with Crippen molar-refractivity contribution >= 4 is 22.9 Å². The number of aryl methyl sites for hydroxylation is 1. The van der Waals surface area contributed by atoms with Gasteiger partial charge in [0.05, 0.1) is 6.54 Å². The number of thiazole rings is 1. The van der Waals surface area contributed by atoms with Crippen molar-refractivity contribution in [2.45, 2.75) is 26.4 Å². The molecule has 0 bridgehead atoms. The lowest BCUT2D eigenvalue weighted by Crippen LogP contribution is -2.24. The van der Waals surface area contributed by atoms with Crippen LogP contribution in [-0.4, -0.2) is 28.1 Å². The van der Waals surface area contributed by atoms with Gasteiger partial charge in [-0.3, -0.25) is 4.90 Å². The number of hydrogen-bond donors (Lipinski definition) is 1. The molecule has 108 valence electrons. The van der Waals surface area contributed by atoms with Crippen LogP contribution in [-0.2, 0) is 13.1 Å². The van der Waals surface area contributed by atoms with E-state index in [-0.39, 0.29) is 6.61 Å². The lowest BCUT2D eigenvalue weighted by atomic mass is 10.2. The van der Waals surface area contributed by atoms with Crippen LogP contribution in [0.5, 0.6) is 0 Å². The van der Waals surface area contributed by atoms with Crippen LogP contribution >= 0.6 is 22.9 Å². The second-order valence-corrected chi connectivity index (χ2v) is 6.18. The molecule has 0 saturated carbocycles. The van der Waals surface area contributed by atoms with Gasteiger partial charge in [-0.25, -0.2) is 4.98 Å². The number of halogens is 1. The number of hydrogen-bond acceptors (Lipinski definition) is 4. The average molecular weight is 311 g/mol. The van der Waals surface area contributed by atoms with Crippen molar-refractivity contribution in [3.63, 3.8) is 0 Å². The smallest absolute Gasteiger partial charge is 0.107 e. The molecule has 1 heterocycles. The van der Waals surface area contributed by atoms with E-state index in [2.05, 4.69) is 21.3 Å². The molecule has 0 saturated heterocycles. The molecule has 0 radical (unpaired) electrons. The van der Waals surface area contributed by atoms with Crippen molar-refractivity contribution in [3.05, 3.63) is 50.9 Å². The first kappa shape index (κ1) is 15.4. The first-order valence-electron chi connectivity index (χ1n) is 6.66. The third kappa shape index (κ3) is 4.87. The summed E-state index contributed by atoms with van der Waals surface area (Å²) in [5.41, 5.74) is 2.25. The van der Waals surface area contributed by atoms with E-state index in [1.54, 1.807) is 11.3 Å². The van der Waals surface area contributed by atoms with Crippen molar-refractivity contribution in [3.8, 4) is 0 Å². The van der Waals surface area contributed by atoms with E-state index in [0.717, 1.165) is 41.8 Å². The van der Waals surface area contributed by atoms with Gasteiger partial charge in [0, 0.05) is 35.8 Å². The molecule has 5 heteroatoms. The van der Waals surface area contributed by atoms with Crippen molar-refractivity contribution in [1.82, 2.24) is 9.88 Å². The van der Waals surface area contributed by atoms with E-state index >= 15 is 0 Å². The van der Waals surface area contributed by atoms with E-state index in [0.29, 0.717) is 0 Å². The predicted molar refractivity (Wildman–Crippen MR) is 84.1 cm³/mol. The van der Waals surface area contributed by atoms with Gasteiger partial charge in [-0.1, -0.05) is 23.7 Å². The van der Waals surface area contributed by atoms with Crippen molar-refractivity contribution in [2.75, 3.05) is 13.2 Å². The Morgan fingerprint density at radius 3 is 2.85 bits per heavy atom. The first-order chi connectivity index (χ1) is 9.67. The van der Waals surface area contributed by atoms with Gasteiger partial charge in [0.2, 0.25) is 0 Å². The van der Waals surface area contributed by atoms with Crippen LogP contribution in [0.3, 0.4) is 0 Å². The first-order valence-corrected chi connectivity index (χ1v) is 7.92. The average Bonchev–Trinajstić information content (AvgIpc) is 2.81. The highest BCUT2D eigenvalue weighted by Gasteiger charge is 2.09. The summed E-state index contributed by atoms with van der Waals surface area (Å²) in [5, 5.41) is 13.0. The third-order valence-corrected chi connectivity index (χ3v) is 4.14. The van der Waals surface area contributed by atoms with Crippen LogP contribution < -0.4 is 0 Å². The summed E-state index contributed by atoms with van der Waals surface area (Å²) >= 11 is 7.71. The summed E-state index contributed by atoms with van der Waals surface area (Å²) in [7, 11) is 0. The molecule has 0 aliphatic rings. The van der Waals surface area contributed by atoms with Gasteiger partial charge in [-0.15, -0.1) is 11.3 Å². The second-order valence-electron chi connectivity index (χ2n) is 4.80. The molecular formula is C15H19ClN2OS. The van der Waals surface area contributed by atoms with E-state index in [1.165, 1.54) is 5.56 Å². The maximum Gasteiger partial charge on any atom is 0.107 e.